The Bertz CT molecular complexity index is 582. The number of para-hydroxylation sites is 1. The molecule has 0 bridgehead atoms. The Morgan fingerprint density at radius 1 is 1.11 bits per heavy atom. The van der Waals surface area contributed by atoms with Crippen molar-refractivity contribution in [2.24, 2.45) is 5.84 Å². The quantitative estimate of drug-likeness (QED) is 0.778. The molecule has 92 valence electrons. The molecule has 1 aromatic heterocycles. The van der Waals surface area contributed by atoms with E-state index in [0.717, 1.165) is 11.4 Å². The number of nitrogens with two attached hydrogens (primary N) is 1. The number of benzene rings is 1. The summed E-state index contributed by atoms with van der Waals surface area (Å²) in [7, 11) is 0. The topological polar surface area (TPSA) is 45.4 Å². The lowest BCUT2D eigenvalue weighted by molar-refractivity contribution is 0.697. The van der Waals surface area contributed by atoms with Crippen LogP contribution in [0.4, 0.5) is 17.1 Å². The minimum Gasteiger partial charge on any atom is -0.317 e. The second-order valence-electron chi connectivity index (χ2n) is 4.56. The minimum absolute atomic E-state index is 0.0882. The molecule has 1 aliphatic heterocycles. The van der Waals surface area contributed by atoms with Crippen molar-refractivity contribution in [3.05, 3.63) is 48.3 Å². The fourth-order valence-corrected chi connectivity index (χ4v) is 2.47. The van der Waals surface area contributed by atoms with Crippen LogP contribution in [-0.2, 0) is 0 Å². The van der Waals surface area contributed by atoms with Crippen molar-refractivity contribution in [2.45, 2.75) is 20.0 Å². The predicted octanol–water partition coefficient (Wildman–Crippen LogP) is 2.57. The molecule has 0 fully saturated rings. The highest BCUT2D eigenvalue weighted by Gasteiger charge is 2.32. The van der Waals surface area contributed by atoms with E-state index in [9.17, 15) is 0 Å². The number of hydrogen-bond acceptors (Lipinski definition) is 4. The highest BCUT2D eigenvalue weighted by Crippen LogP contribution is 2.42. The van der Waals surface area contributed by atoms with Crippen molar-refractivity contribution in [2.75, 3.05) is 9.91 Å². The van der Waals surface area contributed by atoms with Crippen molar-refractivity contribution in [1.29, 1.82) is 0 Å². The summed E-state index contributed by atoms with van der Waals surface area (Å²) in [5.74, 6) is 6.12. The lowest BCUT2D eigenvalue weighted by atomic mass is 10.1. The third-order valence-electron chi connectivity index (χ3n) is 3.47. The van der Waals surface area contributed by atoms with Crippen molar-refractivity contribution < 1.29 is 0 Å². The Kier molecular flexibility index (Phi) is 2.45. The van der Waals surface area contributed by atoms with Crippen molar-refractivity contribution >= 4 is 17.1 Å². The number of pyridine rings is 1. The van der Waals surface area contributed by atoms with Gasteiger partial charge in [0.25, 0.3) is 0 Å². The molecule has 0 spiro atoms. The van der Waals surface area contributed by atoms with E-state index in [0.29, 0.717) is 0 Å². The molecule has 0 unspecified atom stereocenters. The van der Waals surface area contributed by atoms with Gasteiger partial charge in [0.2, 0.25) is 0 Å². The van der Waals surface area contributed by atoms with Crippen LogP contribution in [0, 0.1) is 6.92 Å². The third kappa shape index (κ3) is 1.46. The Labute approximate surface area is 107 Å². The molecule has 1 aromatic carbocycles. The lowest BCUT2D eigenvalue weighted by Gasteiger charge is -2.28. The molecular weight excluding hydrogens is 224 g/mol. The summed E-state index contributed by atoms with van der Waals surface area (Å²) in [6, 6.07) is 10.3. The SMILES string of the molecule is Cc1ccccc1N1c2ccncc2N(N)[C@@H]1C. The van der Waals surface area contributed by atoms with Crippen LogP contribution >= 0.6 is 0 Å². The number of rotatable bonds is 1. The molecule has 0 amide bonds. The molecule has 1 aliphatic rings. The van der Waals surface area contributed by atoms with Crippen LogP contribution in [0.2, 0.25) is 0 Å². The molecule has 0 saturated carbocycles. The van der Waals surface area contributed by atoms with Gasteiger partial charge in [-0.25, -0.2) is 5.84 Å². The zero-order chi connectivity index (χ0) is 12.7. The van der Waals surface area contributed by atoms with E-state index in [1.54, 1.807) is 11.2 Å². The molecular formula is C14H16N4. The van der Waals surface area contributed by atoms with Crippen molar-refractivity contribution in [1.82, 2.24) is 4.98 Å². The summed E-state index contributed by atoms with van der Waals surface area (Å²) < 4.78 is 0. The number of hydrazine groups is 1. The van der Waals surface area contributed by atoms with Gasteiger partial charge in [-0.2, -0.15) is 0 Å². The average molecular weight is 240 g/mol. The Morgan fingerprint density at radius 3 is 2.67 bits per heavy atom. The summed E-state index contributed by atoms with van der Waals surface area (Å²) in [5.41, 5.74) is 4.50. The zero-order valence-electron chi connectivity index (χ0n) is 10.5. The normalized spacial score (nSPS) is 18.1. The molecule has 0 radical (unpaired) electrons. The van der Waals surface area contributed by atoms with Gasteiger partial charge in [0, 0.05) is 11.9 Å². The average Bonchev–Trinajstić information content (AvgIpc) is 2.64. The van der Waals surface area contributed by atoms with Crippen molar-refractivity contribution in [3.8, 4) is 0 Å². The van der Waals surface area contributed by atoms with E-state index >= 15 is 0 Å². The largest absolute Gasteiger partial charge is 0.317 e. The smallest absolute Gasteiger partial charge is 0.118 e. The van der Waals surface area contributed by atoms with E-state index in [-0.39, 0.29) is 6.17 Å². The van der Waals surface area contributed by atoms with Crippen LogP contribution < -0.4 is 15.8 Å². The van der Waals surface area contributed by atoms with Gasteiger partial charge >= 0.3 is 0 Å². The first-order valence-corrected chi connectivity index (χ1v) is 6.03. The van der Waals surface area contributed by atoms with Gasteiger partial charge < -0.3 is 4.90 Å². The van der Waals surface area contributed by atoms with Crippen LogP contribution in [0.25, 0.3) is 0 Å². The summed E-state index contributed by atoms with van der Waals surface area (Å²) in [4.78, 5) is 6.39. The Hall–Kier alpha value is -2.07. The zero-order valence-corrected chi connectivity index (χ0v) is 10.5. The molecule has 18 heavy (non-hydrogen) atoms. The highest BCUT2D eigenvalue weighted by atomic mass is 15.5. The fraction of sp³-hybridized carbons (Fsp3) is 0.214. The third-order valence-corrected chi connectivity index (χ3v) is 3.47. The summed E-state index contributed by atoms with van der Waals surface area (Å²) >= 11 is 0. The first kappa shape index (κ1) is 11.0. The Balaban J connectivity index is 2.16. The van der Waals surface area contributed by atoms with Gasteiger partial charge in [-0.3, -0.25) is 9.99 Å². The van der Waals surface area contributed by atoms with E-state index in [1.165, 1.54) is 11.3 Å². The summed E-state index contributed by atoms with van der Waals surface area (Å²) in [5, 5.41) is 1.76. The Morgan fingerprint density at radius 2 is 1.89 bits per heavy atom. The second kappa shape index (κ2) is 3.99. The van der Waals surface area contributed by atoms with Gasteiger partial charge in [0.05, 0.1) is 17.6 Å². The molecule has 2 aromatic rings. The van der Waals surface area contributed by atoms with Crippen LogP contribution in [0.3, 0.4) is 0 Å². The predicted molar refractivity (Wildman–Crippen MR) is 73.7 cm³/mol. The lowest BCUT2D eigenvalue weighted by Crippen LogP contribution is -2.43. The van der Waals surface area contributed by atoms with E-state index < -0.39 is 0 Å². The van der Waals surface area contributed by atoms with Gasteiger partial charge in [0.1, 0.15) is 6.17 Å². The number of aryl methyl sites for hydroxylation is 1. The maximum absolute atomic E-state index is 6.12. The van der Waals surface area contributed by atoms with E-state index in [1.807, 2.05) is 18.3 Å². The van der Waals surface area contributed by atoms with Crippen LogP contribution in [0.15, 0.2) is 42.7 Å². The van der Waals surface area contributed by atoms with Gasteiger partial charge in [-0.05, 0) is 31.5 Å². The van der Waals surface area contributed by atoms with Gasteiger partial charge in [-0.1, -0.05) is 18.2 Å². The molecule has 0 aliphatic carbocycles. The second-order valence-corrected chi connectivity index (χ2v) is 4.56. The molecule has 2 heterocycles. The van der Waals surface area contributed by atoms with Crippen LogP contribution in [0.1, 0.15) is 12.5 Å². The van der Waals surface area contributed by atoms with Gasteiger partial charge in [0.15, 0.2) is 0 Å². The van der Waals surface area contributed by atoms with Crippen molar-refractivity contribution in [3.63, 3.8) is 0 Å². The molecule has 3 rings (SSSR count). The fourth-order valence-electron chi connectivity index (χ4n) is 2.47. The maximum atomic E-state index is 6.12. The maximum Gasteiger partial charge on any atom is 0.118 e. The number of nitrogens with zero attached hydrogens (tertiary/aromatic N) is 3. The monoisotopic (exact) mass is 240 g/mol. The van der Waals surface area contributed by atoms with Gasteiger partial charge in [-0.15, -0.1) is 0 Å². The first-order chi connectivity index (χ1) is 8.70. The molecule has 4 nitrogen and oxygen atoms in total. The molecule has 0 saturated heterocycles. The van der Waals surface area contributed by atoms with E-state index in [4.69, 9.17) is 5.84 Å². The highest BCUT2D eigenvalue weighted by molar-refractivity contribution is 5.83. The van der Waals surface area contributed by atoms with Crippen LogP contribution in [-0.4, -0.2) is 11.1 Å². The summed E-state index contributed by atoms with van der Waals surface area (Å²) in [6.07, 6.45) is 3.70. The first-order valence-electron chi connectivity index (χ1n) is 6.03. The van der Waals surface area contributed by atoms with Crippen LogP contribution in [0.5, 0.6) is 0 Å². The molecule has 2 N–H and O–H groups in total. The molecule has 4 heteroatoms. The molecule has 1 atom stereocenters. The number of anilines is 3. The standard InChI is InChI=1S/C14H16N4/c1-10-5-3-4-6-12(10)17-11(2)18(15)14-9-16-8-7-13(14)17/h3-9,11H,15H2,1-2H3/t11-/m1/s1. The number of fused-ring (bicyclic) bond motifs is 1. The number of hydrogen-bond donors (Lipinski definition) is 1. The minimum atomic E-state index is 0.0882. The van der Waals surface area contributed by atoms with E-state index in [2.05, 4.69) is 41.9 Å². The number of aromatic nitrogens is 1. The summed E-state index contributed by atoms with van der Waals surface area (Å²) in [6.45, 7) is 4.20.